The molecule has 0 aromatic heterocycles. The summed E-state index contributed by atoms with van der Waals surface area (Å²) in [7, 11) is 0. The lowest BCUT2D eigenvalue weighted by Gasteiger charge is -2.75. The minimum Gasteiger partial charge on any atom is -0.0654 e. The van der Waals surface area contributed by atoms with Gasteiger partial charge in [0.25, 0.3) is 0 Å². The monoisotopic (exact) mass is 745 g/mol. The molecule has 0 nitrogen and oxygen atoms in total. The molecule has 0 heterocycles. The number of unbranched alkanes of at least 4 members (excludes halogenated alkanes) is 1. The smallest absolute Gasteiger partial charge is 0.0123 e. The Bertz CT molecular complexity index is 895. The molecule has 0 aromatic carbocycles. The van der Waals surface area contributed by atoms with Gasteiger partial charge in [0, 0.05) is 0 Å². The second-order valence-electron chi connectivity index (χ2n) is 21.8. The number of hydrogen-bond donors (Lipinski definition) is 0. The van der Waals surface area contributed by atoms with E-state index in [1.807, 2.05) is 0 Å². The fourth-order valence-electron chi connectivity index (χ4n) is 14.7. The maximum absolute atomic E-state index is 2.93. The lowest BCUT2D eigenvalue weighted by molar-refractivity contribution is -0.274. The van der Waals surface area contributed by atoms with Crippen LogP contribution in [0.2, 0.25) is 0 Å². The van der Waals surface area contributed by atoms with Gasteiger partial charge in [0.15, 0.2) is 0 Å². The minimum absolute atomic E-state index is 0.190. The summed E-state index contributed by atoms with van der Waals surface area (Å²) < 4.78 is 0. The summed E-state index contributed by atoms with van der Waals surface area (Å²) in [4.78, 5) is 0. The quantitative estimate of drug-likeness (QED) is 0.0663. The molecule has 0 N–H and O–H groups in total. The van der Waals surface area contributed by atoms with Crippen molar-refractivity contribution in [3.63, 3.8) is 0 Å². The minimum atomic E-state index is 0.190. The molecule has 0 rings (SSSR count). The van der Waals surface area contributed by atoms with Crippen LogP contribution in [0.5, 0.6) is 0 Å². The Labute approximate surface area is 340 Å². The Morgan fingerprint density at radius 2 is 0.981 bits per heavy atom. The van der Waals surface area contributed by atoms with Crippen LogP contribution >= 0.6 is 0 Å². The van der Waals surface area contributed by atoms with Crippen molar-refractivity contribution in [1.82, 2.24) is 0 Å². The van der Waals surface area contributed by atoms with Crippen molar-refractivity contribution in [1.29, 1.82) is 0 Å². The van der Waals surface area contributed by atoms with E-state index in [2.05, 4.69) is 138 Å². The van der Waals surface area contributed by atoms with Crippen LogP contribution in [0.4, 0.5) is 0 Å². The highest BCUT2D eigenvalue weighted by molar-refractivity contribution is 5.19. The zero-order chi connectivity index (χ0) is 41.3. The highest BCUT2D eigenvalue weighted by atomic mass is 14.8. The third-order valence-corrected chi connectivity index (χ3v) is 16.3. The van der Waals surface area contributed by atoms with Crippen molar-refractivity contribution in [3.8, 4) is 0 Å². The first-order chi connectivity index (χ1) is 24.7. The Hall–Kier alpha value is 0. The van der Waals surface area contributed by atoms with E-state index in [4.69, 9.17) is 0 Å². The number of hydrogen-bond acceptors (Lipinski definition) is 0. The highest BCUT2D eigenvalue weighted by Crippen LogP contribution is 2.77. The van der Waals surface area contributed by atoms with E-state index in [1.54, 1.807) is 0 Å². The van der Waals surface area contributed by atoms with E-state index in [9.17, 15) is 0 Å². The molecule has 53 heavy (non-hydrogen) atoms. The lowest BCUT2D eigenvalue weighted by Crippen LogP contribution is -2.70. The van der Waals surface area contributed by atoms with Crippen LogP contribution in [-0.4, -0.2) is 0 Å². The van der Waals surface area contributed by atoms with Crippen LogP contribution in [0, 0.1) is 74.4 Å². The Kier molecular flexibility index (Phi) is 24.7. The van der Waals surface area contributed by atoms with Crippen molar-refractivity contribution < 1.29 is 0 Å². The van der Waals surface area contributed by atoms with Gasteiger partial charge < -0.3 is 0 Å². The predicted octanol–water partition coefficient (Wildman–Crippen LogP) is 19.0. The van der Waals surface area contributed by atoms with E-state index in [0.29, 0.717) is 29.1 Å². The van der Waals surface area contributed by atoms with Gasteiger partial charge in [-0.25, -0.2) is 0 Å². The van der Waals surface area contributed by atoms with Crippen molar-refractivity contribution in [2.24, 2.45) is 74.4 Å². The fraction of sp³-hybridized carbons (Fsp3) is 1.00. The SMILES string of the molecule is CCCCC(CC)CC(C)(CCC)C(C)C(C(C)CCC)(C(C)(CCC)CC(C)(C)C)C(C(C)CCC)(C(C)CCC)C(CC(C)CC)C(C)CCC. The largest absolute Gasteiger partial charge is 0.0654 e. The lowest BCUT2D eigenvalue weighted by atomic mass is 9.29. The molecule has 0 aliphatic rings. The maximum atomic E-state index is 2.93. The average molecular weight is 745 g/mol. The van der Waals surface area contributed by atoms with Crippen LogP contribution < -0.4 is 0 Å². The van der Waals surface area contributed by atoms with E-state index in [1.165, 1.54) is 128 Å². The average Bonchev–Trinajstić information content (AvgIpc) is 3.07. The van der Waals surface area contributed by atoms with E-state index in [-0.39, 0.29) is 21.7 Å². The van der Waals surface area contributed by atoms with Gasteiger partial charge in [-0.15, -0.1) is 0 Å². The normalized spacial score (nSPS) is 22.0. The van der Waals surface area contributed by atoms with Gasteiger partial charge in [-0.05, 0) is 107 Å². The molecule has 0 heteroatoms. The van der Waals surface area contributed by atoms with Crippen LogP contribution in [0.1, 0.15) is 267 Å². The van der Waals surface area contributed by atoms with Gasteiger partial charge in [-0.2, -0.15) is 0 Å². The predicted molar refractivity (Wildman–Crippen MR) is 246 cm³/mol. The second-order valence-corrected chi connectivity index (χ2v) is 21.8. The van der Waals surface area contributed by atoms with Gasteiger partial charge in [-0.1, -0.05) is 235 Å². The molecule has 0 saturated heterocycles. The van der Waals surface area contributed by atoms with Crippen LogP contribution in [0.15, 0.2) is 0 Å². The Balaban J connectivity index is 9.59. The fourth-order valence-corrected chi connectivity index (χ4v) is 14.7. The van der Waals surface area contributed by atoms with Crippen molar-refractivity contribution in [2.75, 3.05) is 0 Å². The summed E-state index contributed by atoms with van der Waals surface area (Å²) in [5, 5.41) is 0. The molecule has 0 amide bonds. The van der Waals surface area contributed by atoms with Crippen LogP contribution in [0.3, 0.4) is 0 Å². The first-order valence-corrected chi connectivity index (χ1v) is 24.7. The molecule has 0 bridgehead atoms. The number of rotatable bonds is 31. The third kappa shape index (κ3) is 12.7. The van der Waals surface area contributed by atoms with Crippen molar-refractivity contribution in [2.45, 2.75) is 267 Å². The van der Waals surface area contributed by atoms with Gasteiger partial charge in [-0.3, -0.25) is 0 Å². The van der Waals surface area contributed by atoms with Gasteiger partial charge in [0.2, 0.25) is 0 Å². The molecule has 0 radical (unpaired) electrons. The molecule has 11 atom stereocenters. The summed E-state index contributed by atoms with van der Waals surface area (Å²) in [6.45, 7) is 53.0. The second kappa shape index (κ2) is 24.7. The molecular weight excluding hydrogens is 637 g/mol. The first-order valence-electron chi connectivity index (χ1n) is 24.7. The molecule has 0 saturated carbocycles. The molecule has 0 aliphatic heterocycles. The standard InChI is InChI=1S/C53H108/c1-21-30-35-47(29-9)39-50(19,36-26-6)46(15)53(45(14)34-25-5,51(20,37-27-7)40-49(16,17)18)52(43(12)32-23-3,44(13)33-24-4)48(38-41(10)28-8)42(11)31-22-2/h41-48H,21-40H2,1-20H3. The molecule has 320 valence electrons. The highest BCUT2D eigenvalue weighted by Gasteiger charge is 2.71. The Morgan fingerprint density at radius 3 is 1.38 bits per heavy atom. The van der Waals surface area contributed by atoms with E-state index in [0.717, 1.165) is 23.7 Å². The molecule has 11 unspecified atom stereocenters. The summed E-state index contributed by atoms with van der Waals surface area (Å²) in [5.41, 5.74) is 1.22. The molecule has 0 fully saturated rings. The zero-order valence-corrected chi connectivity index (χ0v) is 41.3. The summed E-state index contributed by atoms with van der Waals surface area (Å²) >= 11 is 0. The van der Waals surface area contributed by atoms with Crippen molar-refractivity contribution >= 4 is 0 Å². The maximum Gasteiger partial charge on any atom is -0.0123 e. The molecule has 0 aliphatic carbocycles. The van der Waals surface area contributed by atoms with E-state index < -0.39 is 0 Å². The van der Waals surface area contributed by atoms with Crippen LogP contribution in [-0.2, 0) is 0 Å². The summed E-state index contributed by atoms with van der Waals surface area (Å²) in [6, 6.07) is 0. The summed E-state index contributed by atoms with van der Waals surface area (Å²) in [6.07, 6.45) is 26.9. The molecule has 0 aromatic rings. The van der Waals surface area contributed by atoms with E-state index >= 15 is 0 Å². The first kappa shape index (κ1) is 53.0. The molecule has 0 spiro atoms. The Morgan fingerprint density at radius 1 is 0.491 bits per heavy atom. The van der Waals surface area contributed by atoms with Crippen molar-refractivity contribution in [3.05, 3.63) is 0 Å². The van der Waals surface area contributed by atoms with Gasteiger partial charge in [0.05, 0.1) is 0 Å². The topological polar surface area (TPSA) is 0 Å². The third-order valence-electron chi connectivity index (χ3n) is 16.3. The summed E-state index contributed by atoms with van der Waals surface area (Å²) in [5.74, 6) is 5.74. The van der Waals surface area contributed by atoms with Gasteiger partial charge >= 0.3 is 0 Å². The van der Waals surface area contributed by atoms with Crippen LogP contribution in [0.25, 0.3) is 0 Å². The molecular formula is C53H108. The van der Waals surface area contributed by atoms with Gasteiger partial charge in [0.1, 0.15) is 0 Å². The zero-order valence-electron chi connectivity index (χ0n) is 41.3.